The highest BCUT2D eigenvalue weighted by Gasteiger charge is 1.79. The van der Waals surface area contributed by atoms with Gasteiger partial charge in [-0.05, 0) is 0 Å². The number of nitrogens with one attached hydrogen (secondary N) is 1. The summed E-state index contributed by atoms with van der Waals surface area (Å²) in [5.74, 6) is -0.232. The minimum Gasteiger partial charge on any atom is -0.316 e. The van der Waals surface area contributed by atoms with E-state index in [2.05, 4.69) is 10.3 Å². The number of rotatable bonds is 1. The Labute approximate surface area is 46.8 Å². The first-order chi connectivity index (χ1) is 3.77. The Morgan fingerprint density at radius 2 is 2.62 bits per heavy atom. The van der Waals surface area contributed by atoms with Crippen LogP contribution >= 0.6 is 0 Å². The zero-order valence-electron chi connectivity index (χ0n) is 4.38. The van der Waals surface area contributed by atoms with Gasteiger partial charge in [0, 0.05) is 6.92 Å². The maximum absolute atomic E-state index is 10.0. The molecule has 4 heteroatoms. The first-order valence-corrected chi connectivity index (χ1v) is 1.95. The van der Waals surface area contributed by atoms with E-state index in [1.165, 1.54) is 13.1 Å². The molecule has 0 saturated heterocycles. The zero-order valence-corrected chi connectivity index (χ0v) is 4.38. The predicted molar refractivity (Wildman–Crippen MR) is 27.9 cm³/mol. The first kappa shape index (κ1) is 6.63. The van der Waals surface area contributed by atoms with Crippen LogP contribution in [0.15, 0.2) is 4.99 Å². The Morgan fingerprint density at radius 1 is 2.00 bits per heavy atom. The number of aliphatic imine (C=N–C) groups is 1. The van der Waals surface area contributed by atoms with Gasteiger partial charge in [-0.2, -0.15) is 10.3 Å². The third-order valence-electron chi connectivity index (χ3n) is 0.390. The van der Waals surface area contributed by atoms with Crippen LogP contribution in [0.1, 0.15) is 6.92 Å². The van der Waals surface area contributed by atoms with Crippen molar-refractivity contribution in [1.82, 2.24) is 5.32 Å². The van der Waals surface area contributed by atoms with Crippen molar-refractivity contribution in [2.45, 2.75) is 6.92 Å². The number of nitriles is 1. The van der Waals surface area contributed by atoms with E-state index in [-0.39, 0.29) is 5.91 Å². The smallest absolute Gasteiger partial charge is 0.221 e. The van der Waals surface area contributed by atoms with E-state index >= 15 is 0 Å². The molecule has 0 aliphatic carbocycles. The van der Waals surface area contributed by atoms with Crippen molar-refractivity contribution < 1.29 is 4.79 Å². The van der Waals surface area contributed by atoms with Crippen LogP contribution in [-0.2, 0) is 4.79 Å². The van der Waals surface area contributed by atoms with Crippen LogP contribution in [0.4, 0.5) is 0 Å². The maximum Gasteiger partial charge on any atom is 0.221 e. The zero-order chi connectivity index (χ0) is 6.41. The normalized spacial score (nSPS) is 8.50. The number of amides is 1. The maximum atomic E-state index is 10.0. The van der Waals surface area contributed by atoms with Gasteiger partial charge in [-0.25, -0.2) is 0 Å². The molecule has 0 radical (unpaired) electrons. The van der Waals surface area contributed by atoms with Gasteiger partial charge in [0.05, 0.1) is 0 Å². The van der Waals surface area contributed by atoms with E-state index < -0.39 is 0 Å². The van der Waals surface area contributed by atoms with Crippen LogP contribution in [0.3, 0.4) is 0 Å². The van der Waals surface area contributed by atoms with Crippen LogP contribution in [0.5, 0.6) is 0 Å². The lowest BCUT2D eigenvalue weighted by Gasteiger charge is -1.83. The second-order valence-corrected chi connectivity index (χ2v) is 1.06. The summed E-state index contributed by atoms with van der Waals surface area (Å²) in [6.45, 7) is 1.34. The molecule has 0 aliphatic rings. The van der Waals surface area contributed by atoms with Crippen molar-refractivity contribution in [3.05, 3.63) is 0 Å². The molecule has 0 aliphatic heterocycles. The van der Waals surface area contributed by atoms with Gasteiger partial charge < -0.3 is 5.32 Å². The van der Waals surface area contributed by atoms with Gasteiger partial charge >= 0.3 is 0 Å². The molecular formula is C4H5N3O. The molecule has 8 heavy (non-hydrogen) atoms. The summed E-state index contributed by atoms with van der Waals surface area (Å²) in [4.78, 5) is 13.1. The lowest BCUT2D eigenvalue weighted by molar-refractivity contribution is -0.117. The van der Waals surface area contributed by atoms with Crippen molar-refractivity contribution in [3.63, 3.8) is 0 Å². The second kappa shape index (κ2) is 3.81. The van der Waals surface area contributed by atoms with Gasteiger partial charge in [0.1, 0.15) is 6.34 Å². The highest BCUT2D eigenvalue weighted by Crippen LogP contribution is 1.55. The van der Waals surface area contributed by atoms with Gasteiger partial charge in [0.15, 0.2) is 0 Å². The predicted octanol–water partition coefficient (Wildman–Crippen LogP) is -0.368. The largest absolute Gasteiger partial charge is 0.316 e. The Balaban J connectivity index is 3.34. The Bertz CT molecular complexity index is 144. The molecule has 1 amide bonds. The van der Waals surface area contributed by atoms with Gasteiger partial charge in [0.2, 0.25) is 12.1 Å². The van der Waals surface area contributed by atoms with Gasteiger partial charge in [0.25, 0.3) is 0 Å². The minimum absolute atomic E-state index is 0.232. The second-order valence-electron chi connectivity index (χ2n) is 1.06. The summed E-state index contributed by atoms with van der Waals surface area (Å²) < 4.78 is 0. The van der Waals surface area contributed by atoms with Crippen LogP contribution in [0.25, 0.3) is 0 Å². The standard InChI is InChI=1S/C4H5N3O/c1-4(8)7-3-6-2-5/h3H,1H3,(H,6,7,8). The fourth-order valence-corrected chi connectivity index (χ4v) is 0.152. The summed E-state index contributed by atoms with van der Waals surface area (Å²) in [6.07, 6.45) is 2.52. The summed E-state index contributed by atoms with van der Waals surface area (Å²) in [5.41, 5.74) is 0. The Kier molecular flexibility index (Phi) is 3.16. The molecule has 0 aromatic heterocycles. The number of carbonyl (C=O) groups is 1. The molecule has 1 N–H and O–H groups in total. The van der Waals surface area contributed by atoms with Crippen molar-refractivity contribution in [2.75, 3.05) is 0 Å². The molecule has 4 nitrogen and oxygen atoms in total. The summed E-state index contributed by atoms with van der Waals surface area (Å²) in [5, 5.41) is 9.97. The molecule has 0 aromatic carbocycles. The third kappa shape index (κ3) is 4.63. The third-order valence-corrected chi connectivity index (χ3v) is 0.390. The number of carbonyl (C=O) groups excluding carboxylic acids is 1. The van der Waals surface area contributed by atoms with E-state index in [1.807, 2.05) is 0 Å². The molecule has 0 aromatic rings. The van der Waals surface area contributed by atoms with Crippen LogP contribution in [-0.4, -0.2) is 12.2 Å². The molecule has 0 rings (SSSR count). The topological polar surface area (TPSA) is 65.2 Å². The lowest BCUT2D eigenvalue weighted by Crippen LogP contribution is -2.16. The van der Waals surface area contributed by atoms with E-state index in [1.54, 1.807) is 0 Å². The molecule has 0 saturated carbocycles. The van der Waals surface area contributed by atoms with Gasteiger partial charge in [-0.3, -0.25) is 4.79 Å². The summed E-state index contributed by atoms with van der Waals surface area (Å²) in [6, 6.07) is 0. The molecule has 0 heterocycles. The highest BCUT2D eigenvalue weighted by atomic mass is 16.1. The van der Waals surface area contributed by atoms with Crippen LogP contribution in [0, 0.1) is 11.5 Å². The molecular weight excluding hydrogens is 106 g/mol. The quantitative estimate of drug-likeness (QED) is 0.285. The average molecular weight is 111 g/mol. The fraction of sp³-hybridized carbons (Fsp3) is 0.250. The Hall–Kier alpha value is -1.37. The minimum atomic E-state index is -0.232. The van der Waals surface area contributed by atoms with Crippen LogP contribution in [0.2, 0.25) is 0 Å². The molecule has 0 fully saturated rings. The van der Waals surface area contributed by atoms with Gasteiger partial charge in [-0.1, -0.05) is 0 Å². The highest BCUT2D eigenvalue weighted by molar-refractivity contribution is 5.85. The Morgan fingerprint density at radius 3 is 3.00 bits per heavy atom. The van der Waals surface area contributed by atoms with Crippen molar-refractivity contribution >= 4 is 12.2 Å². The first-order valence-electron chi connectivity index (χ1n) is 1.95. The average Bonchev–Trinajstić information content (AvgIpc) is 1.66. The molecule has 0 bridgehead atoms. The monoisotopic (exact) mass is 111 g/mol. The summed E-state index contributed by atoms with van der Waals surface area (Å²) >= 11 is 0. The molecule has 0 atom stereocenters. The molecule has 0 spiro atoms. The fourth-order valence-electron chi connectivity index (χ4n) is 0.152. The van der Waals surface area contributed by atoms with Crippen molar-refractivity contribution in [3.8, 4) is 6.19 Å². The van der Waals surface area contributed by atoms with Crippen molar-refractivity contribution in [2.24, 2.45) is 4.99 Å². The molecule has 42 valence electrons. The van der Waals surface area contributed by atoms with E-state index in [0.29, 0.717) is 0 Å². The molecule has 0 unspecified atom stereocenters. The van der Waals surface area contributed by atoms with E-state index in [4.69, 9.17) is 5.26 Å². The SMILES string of the molecule is CC(=O)N/C=N\C#N. The summed E-state index contributed by atoms with van der Waals surface area (Å²) in [7, 11) is 0. The van der Waals surface area contributed by atoms with E-state index in [9.17, 15) is 4.79 Å². The number of nitrogens with zero attached hydrogens (tertiary/aromatic N) is 2. The van der Waals surface area contributed by atoms with Gasteiger partial charge in [-0.15, -0.1) is 0 Å². The number of hydrogen-bond acceptors (Lipinski definition) is 3. The van der Waals surface area contributed by atoms with Crippen LogP contribution < -0.4 is 5.32 Å². The van der Waals surface area contributed by atoms with Crippen molar-refractivity contribution in [1.29, 1.82) is 5.26 Å². The van der Waals surface area contributed by atoms with E-state index in [0.717, 1.165) is 6.34 Å². The number of hydrogen-bond donors (Lipinski definition) is 1. The lowest BCUT2D eigenvalue weighted by atomic mass is 10.7.